The number of fused-ring (bicyclic) bond motifs is 6. The number of phenols is 1. The molecule has 1 aliphatic rings. The Morgan fingerprint density at radius 3 is 1.91 bits per heavy atom. The molecule has 0 fully saturated rings. The molecule has 0 radical (unpaired) electrons. The zero-order valence-electron chi connectivity index (χ0n) is 31.6. The molecule has 0 unspecified atom stereocenters. The molecule has 8 aromatic rings. The van der Waals surface area contributed by atoms with Crippen LogP contribution in [0.4, 0.5) is 0 Å². The third-order valence-corrected chi connectivity index (χ3v) is 11.2. The maximum Gasteiger partial charge on any atom is 0.159 e. The van der Waals surface area contributed by atoms with Gasteiger partial charge < -0.3 is 5.11 Å². The Morgan fingerprint density at radius 2 is 1.20 bits per heavy atom. The molecule has 54 heavy (non-hydrogen) atoms. The van der Waals surface area contributed by atoms with Gasteiger partial charge >= 0.3 is 0 Å². The number of phenolic OH excluding ortho intramolecular Hbond substituents is 1. The number of aromatic nitrogens is 3. The second-order valence-corrected chi connectivity index (χ2v) is 16.7. The van der Waals surface area contributed by atoms with E-state index in [2.05, 4.69) is 151 Å². The van der Waals surface area contributed by atoms with Crippen LogP contribution < -0.4 is 0 Å². The zero-order valence-corrected chi connectivity index (χ0v) is 31.6. The highest BCUT2D eigenvalue weighted by Gasteiger charge is 2.48. The summed E-state index contributed by atoms with van der Waals surface area (Å²) in [5.74, 6) is 0.882. The summed E-state index contributed by atoms with van der Waals surface area (Å²) < 4.78 is 0. The molecule has 9 rings (SSSR count). The highest BCUT2D eigenvalue weighted by atomic mass is 16.3. The molecular weight excluding hydrogens is 659 g/mol. The van der Waals surface area contributed by atoms with Crippen molar-refractivity contribution in [1.29, 1.82) is 0 Å². The summed E-state index contributed by atoms with van der Waals surface area (Å²) in [6, 6.07) is 49.0. The predicted octanol–water partition coefficient (Wildman–Crippen LogP) is 12.2. The molecule has 2 aromatic heterocycles. The maximum atomic E-state index is 11.0. The summed E-state index contributed by atoms with van der Waals surface area (Å²) in [4.78, 5) is 15.6. The average molecular weight is 702 g/mol. The minimum atomic E-state index is -0.795. The Labute approximate surface area is 317 Å². The van der Waals surface area contributed by atoms with Crippen molar-refractivity contribution in [3.63, 3.8) is 0 Å². The van der Waals surface area contributed by atoms with Crippen molar-refractivity contribution in [1.82, 2.24) is 15.0 Å². The summed E-state index contributed by atoms with van der Waals surface area (Å²) in [5, 5.41) is 14.4. The lowest BCUT2D eigenvalue weighted by Crippen LogP contribution is -2.31. The van der Waals surface area contributed by atoms with Crippen LogP contribution in [-0.4, -0.2) is 20.1 Å². The number of hydrogen-bond donors (Lipinski definition) is 1. The summed E-state index contributed by atoms with van der Waals surface area (Å²) in [5.41, 5.74) is 11.6. The van der Waals surface area contributed by atoms with Gasteiger partial charge in [0.1, 0.15) is 5.75 Å². The Morgan fingerprint density at radius 1 is 0.537 bits per heavy atom. The summed E-state index contributed by atoms with van der Waals surface area (Å²) in [6.07, 6.45) is 1.96. The van der Waals surface area contributed by atoms with Gasteiger partial charge in [0.25, 0.3) is 0 Å². The lowest BCUT2D eigenvalue weighted by molar-refractivity contribution is 0.477. The van der Waals surface area contributed by atoms with Crippen molar-refractivity contribution < 1.29 is 5.11 Å². The van der Waals surface area contributed by atoms with Gasteiger partial charge in [0.05, 0.1) is 22.3 Å². The molecule has 264 valence electrons. The van der Waals surface area contributed by atoms with Crippen molar-refractivity contribution in [2.45, 2.75) is 57.8 Å². The second-order valence-electron chi connectivity index (χ2n) is 16.7. The first kappa shape index (κ1) is 33.7. The molecule has 1 N–H and O–H groups in total. The molecule has 0 bridgehead atoms. The Hall–Kier alpha value is -6.13. The molecule has 0 atom stereocenters. The van der Waals surface area contributed by atoms with Crippen molar-refractivity contribution in [2.24, 2.45) is 0 Å². The maximum absolute atomic E-state index is 11.0. The van der Waals surface area contributed by atoms with E-state index in [9.17, 15) is 5.11 Å². The number of rotatable bonds is 4. The number of benzene rings is 6. The molecule has 6 aromatic carbocycles. The largest absolute Gasteiger partial charge is 0.507 e. The minimum Gasteiger partial charge on any atom is -0.507 e. The van der Waals surface area contributed by atoms with E-state index in [0.29, 0.717) is 11.4 Å². The van der Waals surface area contributed by atoms with Crippen LogP contribution >= 0.6 is 0 Å². The smallest absolute Gasteiger partial charge is 0.159 e. The van der Waals surface area contributed by atoms with Crippen molar-refractivity contribution in [3.05, 3.63) is 179 Å². The van der Waals surface area contributed by atoms with Crippen LogP contribution in [0.5, 0.6) is 5.75 Å². The molecule has 0 aliphatic heterocycles. The van der Waals surface area contributed by atoms with Gasteiger partial charge in [-0.1, -0.05) is 145 Å². The van der Waals surface area contributed by atoms with Gasteiger partial charge in [-0.25, -0.2) is 9.97 Å². The van der Waals surface area contributed by atoms with Crippen LogP contribution in [0.15, 0.2) is 146 Å². The summed E-state index contributed by atoms with van der Waals surface area (Å²) in [6.45, 7) is 13.6. The van der Waals surface area contributed by atoms with Crippen molar-refractivity contribution >= 4 is 21.7 Å². The number of pyridine rings is 1. The van der Waals surface area contributed by atoms with E-state index < -0.39 is 5.41 Å². The van der Waals surface area contributed by atoms with Crippen LogP contribution in [0.25, 0.3) is 55.4 Å². The van der Waals surface area contributed by atoms with Gasteiger partial charge in [-0.05, 0) is 96.9 Å². The van der Waals surface area contributed by atoms with E-state index in [-0.39, 0.29) is 16.6 Å². The van der Waals surface area contributed by atoms with Gasteiger partial charge in [0, 0.05) is 22.7 Å². The Kier molecular flexibility index (Phi) is 7.62. The van der Waals surface area contributed by atoms with E-state index in [4.69, 9.17) is 15.0 Å². The molecule has 0 spiro atoms. The van der Waals surface area contributed by atoms with E-state index in [1.807, 2.05) is 30.5 Å². The van der Waals surface area contributed by atoms with Gasteiger partial charge in [0.2, 0.25) is 0 Å². The molecular formula is C50H43N3O. The lowest BCUT2D eigenvalue weighted by atomic mass is 9.68. The standard InChI is InChI=1S/C50H43N3O/c1-48(2,3)33-22-24-37-38-25-23-34(49(4,5)6)29-42(38)50(41(37)28-33,46-20-12-18-43(52-46)39-17-9-10-19-45(39)54)35-15-11-14-32(27-35)47-51-30-40-36-16-8-7-13-31(36)21-26-44(40)53-47/h7-30,54H,1-6H3. The Bertz CT molecular complexity index is 2700. The molecule has 0 amide bonds. The Balaban J connectivity index is 1.36. The highest BCUT2D eigenvalue weighted by molar-refractivity contribution is 6.06. The van der Waals surface area contributed by atoms with Crippen LogP contribution in [0.2, 0.25) is 0 Å². The van der Waals surface area contributed by atoms with E-state index in [1.54, 1.807) is 6.07 Å². The van der Waals surface area contributed by atoms with Crippen molar-refractivity contribution in [3.8, 4) is 39.5 Å². The van der Waals surface area contributed by atoms with E-state index >= 15 is 0 Å². The normalized spacial score (nSPS) is 13.6. The lowest BCUT2D eigenvalue weighted by Gasteiger charge is -2.35. The molecule has 0 saturated carbocycles. The van der Waals surface area contributed by atoms with E-state index in [0.717, 1.165) is 38.8 Å². The predicted molar refractivity (Wildman–Crippen MR) is 222 cm³/mol. The van der Waals surface area contributed by atoms with Gasteiger partial charge in [-0.2, -0.15) is 0 Å². The van der Waals surface area contributed by atoms with Crippen LogP contribution in [0.3, 0.4) is 0 Å². The van der Waals surface area contributed by atoms with Gasteiger partial charge in [-0.15, -0.1) is 0 Å². The monoisotopic (exact) mass is 701 g/mol. The highest BCUT2D eigenvalue weighted by Crippen LogP contribution is 2.57. The number of hydrogen-bond acceptors (Lipinski definition) is 4. The third kappa shape index (κ3) is 5.31. The topological polar surface area (TPSA) is 58.9 Å². The first-order chi connectivity index (χ1) is 25.9. The number of nitrogens with zero attached hydrogens (tertiary/aromatic N) is 3. The van der Waals surface area contributed by atoms with Crippen molar-refractivity contribution in [2.75, 3.05) is 0 Å². The third-order valence-electron chi connectivity index (χ3n) is 11.2. The fourth-order valence-corrected chi connectivity index (χ4v) is 8.29. The van der Waals surface area contributed by atoms with Crippen LogP contribution in [0.1, 0.15) is 75.1 Å². The fraction of sp³-hybridized carbons (Fsp3) is 0.180. The van der Waals surface area contributed by atoms with Crippen LogP contribution in [0, 0.1) is 0 Å². The zero-order chi connectivity index (χ0) is 37.4. The number of aromatic hydroxyl groups is 1. The SMILES string of the molecule is CC(C)(C)c1ccc2c(c1)C(c1cccc(-c3ncc4c(ccc5ccccc54)n3)c1)(c1cccc(-c3ccccc3O)n1)c1cc(C(C)(C)C)ccc1-2. The first-order valence-electron chi connectivity index (χ1n) is 18.7. The molecule has 4 heteroatoms. The minimum absolute atomic E-state index is 0.0812. The van der Waals surface area contributed by atoms with Gasteiger partial charge in [-0.3, -0.25) is 4.98 Å². The second kappa shape index (κ2) is 12.2. The average Bonchev–Trinajstić information content (AvgIpc) is 3.47. The number of para-hydroxylation sites is 1. The molecule has 2 heterocycles. The summed E-state index contributed by atoms with van der Waals surface area (Å²) in [7, 11) is 0. The fourth-order valence-electron chi connectivity index (χ4n) is 8.29. The molecule has 1 aliphatic carbocycles. The van der Waals surface area contributed by atoms with Gasteiger partial charge in [0.15, 0.2) is 5.82 Å². The quantitative estimate of drug-likeness (QED) is 0.186. The summed E-state index contributed by atoms with van der Waals surface area (Å²) >= 11 is 0. The van der Waals surface area contributed by atoms with Crippen LogP contribution in [-0.2, 0) is 16.2 Å². The molecule has 4 nitrogen and oxygen atoms in total. The van der Waals surface area contributed by atoms with E-state index in [1.165, 1.54) is 38.8 Å². The first-order valence-corrected chi connectivity index (χ1v) is 18.7. The molecule has 0 saturated heterocycles.